The average molecular weight is 270 g/mol. The van der Waals surface area contributed by atoms with Crippen LogP contribution in [0.15, 0.2) is 36.5 Å². The lowest BCUT2D eigenvalue weighted by Gasteiger charge is -2.19. The number of pyridine rings is 1. The first-order chi connectivity index (χ1) is 9.65. The van der Waals surface area contributed by atoms with Gasteiger partial charge in [0.2, 0.25) is 0 Å². The number of nitrogens with zero attached hydrogens (tertiary/aromatic N) is 1. The van der Waals surface area contributed by atoms with E-state index in [1.54, 1.807) is 7.11 Å². The highest BCUT2D eigenvalue weighted by Crippen LogP contribution is 2.26. The standard InChI is InChI=1S/C17H22N2O/c1-12-7-8-13(2)14(10-12)11-15(18-3)17-16(20-4)6-5-9-19-17/h5-10,15,18H,11H2,1-4H3. The summed E-state index contributed by atoms with van der Waals surface area (Å²) in [5.41, 5.74) is 4.90. The van der Waals surface area contributed by atoms with E-state index in [1.165, 1.54) is 16.7 Å². The van der Waals surface area contributed by atoms with Gasteiger partial charge in [-0.25, -0.2) is 0 Å². The molecule has 0 saturated heterocycles. The van der Waals surface area contributed by atoms with E-state index < -0.39 is 0 Å². The second-order valence-electron chi connectivity index (χ2n) is 5.07. The Kier molecular flexibility index (Phi) is 4.74. The Hall–Kier alpha value is -1.87. The average Bonchev–Trinajstić information content (AvgIpc) is 2.48. The molecular weight excluding hydrogens is 248 g/mol. The molecule has 106 valence electrons. The molecule has 0 saturated carbocycles. The van der Waals surface area contributed by atoms with Crippen LogP contribution in [0.1, 0.15) is 28.4 Å². The smallest absolute Gasteiger partial charge is 0.141 e. The van der Waals surface area contributed by atoms with E-state index in [1.807, 2.05) is 25.4 Å². The second-order valence-corrected chi connectivity index (χ2v) is 5.07. The lowest BCUT2D eigenvalue weighted by Crippen LogP contribution is -2.21. The maximum atomic E-state index is 5.42. The van der Waals surface area contributed by atoms with Crippen molar-refractivity contribution < 1.29 is 4.74 Å². The van der Waals surface area contributed by atoms with Gasteiger partial charge in [0.25, 0.3) is 0 Å². The minimum Gasteiger partial charge on any atom is -0.495 e. The number of methoxy groups -OCH3 is 1. The summed E-state index contributed by atoms with van der Waals surface area (Å²) in [5, 5.41) is 3.35. The van der Waals surface area contributed by atoms with Gasteiger partial charge in [0.05, 0.1) is 18.8 Å². The first-order valence-corrected chi connectivity index (χ1v) is 6.88. The molecule has 2 aromatic rings. The second kappa shape index (κ2) is 6.53. The first kappa shape index (κ1) is 14.5. The van der Waals surface area contributed by atoms with Crippen LogP contribution in [0.5, 0.6) is 5.75 Å². The normalized spacial score (nSPS) is 12.2. The van der Waals surface area contributed by atoms with E-state index in [-0.39, 0.29) is 6.04 Å². The summed E-state index contributed by atoms with van der Waals surface area (Å²) in [6.07, 6.45) is 2.71. The molecule has 1 aromatic carbocycles. The topological polar surface area (TPSA) is 34.2 Å². The zero-order valence-electron chi connectivity index (χ0n) is 12.6. The number of nitrogens with one attached hydrogen (secondary N) is 1. The van der Waals surface area contributed by atoms with E-state index in [4.69, 9.17) is 4.74 Å². The predicted octanol–water partition coefficient (Wildman–Crippen LogP) is 3.21. The molecule has 0 aliphatic carbocycles. The molecule has 0 spiro atoms. The van der Waals surface area contributed by atoms with Gasteiger partial charge < -0.3 is 10.1 Å². The molecule has 1 unspecified atom stereocenters. The number of ether oxygens (including phenoxy) is 1. The molecule has 1 aromatic heterocycles. The first-order valence-electron chi connectivity index (χ1n) is 6.88. The number of aromatic nitrogens is 1. The van der Waals surface area contributed by atoms with Gasteiger partial charge in [-0.15, -0.1) is 0 Å². The molecule has 0 aliphatic heterocycles. The van der Waals surface area contributed by atoms with Crippen LogP contribution in [0.2, 0.25) is 0 Å². The number of rotatable bonds is 5. The monoisotopic (exact) mass is 270 g/mol. The highest BCUT2D eigenvalue weighted by Gasteiger charge is 2.17. The largest absolute Gasteiger partial charge is 0.495 e. The zero-order chi connectivity index (χ0) is 14.5. The number of benzene rings is 1. The van der Waals surface area contributed by atoms with Crippen LogP contribution in [0.3, 0.4) is 0 Å². The van der Waals surface area contributed by atoms with Crippen molar-refractivity contribution in [3.05, 3.63) is 58.9 Å². The highest BCUT2D eigenvalue weighted by atomic mass is 16.5. The SMILES string of the molecule is CNC(Cc1cc(C)ccc1C)c1ncccc1OC. The minimum absolute atomic E-state index is 0.145. The Labute approximate surface area is 121 Å². The Morgan fingerprint density at radius 2 is 2.05 bits per heavy atom. The van der Waals surface area contributed by atoms with E-state index in [0.717, 1.165) is 17.9 Å². The molecule has 0 bridgehead atoms. The van der Waals surface area contributed by atoms with Gasteiger partial charge in [-0.05, 0) is 50.6 Å². The summed E-state index contributed by atoms with van der Waals surface area (Å²) >= 11 is 0. The molecule has 0 aliphatic rings. The summed E-state index contributed by atoms with van der Waals surface area (Å²) in [6, 6.07) is 10.6. The fraction of sp³-hybridized carbons (Fsp3) is 0.353. The summed E-state index contributed by atoms with van der Waals surface area (Å²) in [7, 11) is 3.65. The molecule has 0 fully saturated rings. The van der Waals surface area contributed by atoms with Gasteiger partial charge in [-0.1, -0.05) is 23.8 Å². The highest BCUT2D eigenvalue weighted by molar-refractivity contribution is 5.35. The van der Waals surface area contributed by atoms with E-state index >= 15 is 0 Å². The fourth-order valence-electron chi connectivity index (χ4n) is 2.41. The van der Waals surface area contributed by atoms with Crippen molar-refractivity contribution in [2.24, 2.45) is 0 Å². The van der Waals surface area contributed by atoms with Gasteiger partial charge in [0.1, 0.15) is 5.75 Å². The van der Waals surface area contributed by atoms with Crippen molar-refractivity contribution in [1.82, 2.24) is 10.3 Å². The maximum Gasteiger partial charge on any atom is 0.141 e. The predicted molar refractivity (Wildman–Crippen MR) is 82.2 cm³/mol. The van der Waals surface area contributed by atoms with Crippen LogP contribution in [0.25, 0.3) is 0 Å². The van der Waals surface area contributed by atoms with Crippen LogP contribution in [0.4, 0.5) is 0 Å². The van der Waals surface area contributed by atoms with Crippen molar-refractivity contribution in [3.8, 4) is 5.75 Å². The van der Waals surface area contributed by atoms with Gasteiger partial charge in [0.15, 0.2) is 0 Å². The molecular formula is C17H22N2O. The molecule has 20 heavy (non-hydrogen) atoms. The third-order valence-electron chi connectivity index (χ3n) is 3.63. The fourth-order valence-corrected chi connectivity index (χ4v) is 2.41. The molecule has 2 rings (SSSR count). The zero-order valence-corrected chi connectivity index (χ0v) is 12.6. The van der Waals surface area contributed by atoms with Gasteiger partial charge in [0, 0.05) is 6.20 Å². The Bertz CT molecular complexity index is 581. The van der Waals surface area contributed by atoms with E-state index in [0.29, 0.717) is 0 Å². The summed E-state index contributed by atoms with van der Waals surface area (Å²) in [6.45, 7) is 4.27. The molecule has 3 heteroatoms. The van der Waals surface area contributed by atoms with Crippen molar-refractivity contribution in [2.75, 3.05) is 14.2 Å². The minimum atomic E-state index is 0.145. The number of hydrogen-bond donors (Lipinski definition) is 1. The number of hydrogen-bond acceptors (Lipinski definition) is 3. The molecule has 1 heterocycles. The van der Waals surface area contributed by atoms with E-state index in [2.05, 4.69) is 42.3 Å². The van der Waals surface area contributed by atoms with Crippen molar-refractivity contribution in [3.63, 3.8) is 0 Å². The van der Waals surface area contributed by atoms with Crippen LogP contribution < -0.4 is 10.1 Å². The molecule has 3 nitrogen and oxygen atoms in total. The third-order valence-corrected chi connectivity index (χ3v) is 3.63. The number of likely N-dealkylation sites (N-methyl/N-ethyl adjacent to an activating group) is 1. The van der Waals surface area contributed by atoms with Crippen LogP contribution in [-0.4, -0.2) is 19.1 Å². The maximum absolute atomic E-state index is 5.42. The van der Waals surface area contributed by atoms with Gasteiger partial charge in [-0.2, -0.15) is 0 Å². The summed E-state index contributed by atoms with van der Waals surface area (Å²) in [5.74, 6) is 0.831. The van der Waals surface area contributed by atoms with Crippen LogP contribution in [-0.2, 0) is 6.42 Å². The molecule has 1 N–H and O–H groups in total. The van der Waals surface area contributed by atoms with E-state index in [9.17, 15) is 0 Å². The summed E-state index contributed by atoms with van der Waals surface area (Å²) < 4.78 is 5.42. The Morgan fingerprint density at radius 3 is 2.75 bits per heavy atom. The third kappa shape index (κ3) is 3.17. The van der Waals surface area contributed by atoms with Gasteiger partial charge in [-0.3, -0.25) is 4.98 Å². The Morgan fingerprint density at radius 1 is 1.25 bits per heavy atom. The quantitative estimate of drug-likeness (QED) is 0.906. The van der Waals surface area contributed by atoms with Crippen molar-refractivity contribution in [2.45, 2.75) is 26.3 Å². The van der Waals surface area contributed by atoms with Crippen molar-refractivity contribution in [1.29, 1.82) is 0 Å². The molecule has 0 radical (unpaired) electrons. The van der Waals surface area contributed by atoms with Crippen LogP contribution in [0, 0.1) is 13.8 Å². The van der Waals surface area contributed by atoms with Gasteiger partial charge >= 0.3 is 0 Å². The lowest BCUT2D eigenvalue weighted by atomic mass is 9.97. The molecule has 0 amide bonds. The Balaban J connectivity index is 2.31. The summed E-state index contributed by atoms with van der Waals surface area (Å²) in [4.78, 5) is 4.48. The number of aryl methyl sites for hydroxylation is 2. The lowest BCUT2D eigenvalue weighted by molar-refractivity contribution is 0.396. The molecule has 1 atom stereocenters. The van der Waals surface area contributed by atoms with Crippen molar-refractivity contribution >= 4 is 0 Å². The van der Waals surface area contributed by atoms with Crippen LogP contribution >= 0.6 is 0 Å².